The summed E-state index contributed by atoms with van der Waals surface area (Å²) < 4.78 is 28.8. The summed E-state index contributed by atoms with van der Waals surface area (Å²) in [5.74, 6) is 0.710. The normalized spacial score (nSPS) is 11.4. The zero-order chi connectivity index (χ0) is 13.3. The molecular formula is C13H12O4S. The third-order valence-corrected chi connectivity index (χ3v) is 3.60. The van der Waals surface area contributed by atoms with Crippen molar-refractivity contribution >= 4 is 9.84 Å². The molecule has 0 aliphatic carbocycles. The summed E-state index contributed by atoms with van der Waals surface area (Å²) in [7, 11) is -3.37. The molecule has 2 rings (SSSR count). The van der Waals surface area contributed by atoms with Crippen molar-refractivity contribution in [2.75, 3.05) is 6.26 Å². The lowest BCUT2D eigenvalue weighted by Crippen LogP contribution is -2.03. The minimum absolute atomic E-state index is 0.152. The van der Waals surface area contributed by atoms with Crippen LogP contribution in [0.15, 0.2) is 50.5 Å². The molecule has 1 aromatic heterocycles. The van der Waals surface area contributed by atoms with Gasteiger partial charge in [-0.25, -0.2) is 8.42 Å². The summed E-state index contributed by atoms with van der Waals surface area (Å²) in [5, 5.41) is 0. The Morgan fingerprint density at radius 1 is 1.11 bits per heavy atom. The van der Waals surface area contributed by atoms with Gasteiger partial charge in [0.25, 0.3) is 0 Å². The Bertz CT molecular complexity index is 742. The molecular weight excluding hydrogens is 252 g/mol. The largest absolute Gasteiger partial charge is 0.461 e. The maximum absolute atomic E-state index is 11.7. The Morgan fingerprint density at radius 3 is 2.39 bits per heavy atom. The molecule has 1 heterocycles. The molecule has 0 spiro atoms. The number of hydrogen-bond acceptors (Lipinski definition) is 4. The summed E-state index contributed by atoms with van der Waals surface area (Å²) in [4.78, 5) is 11.6. The molecule has 0 fully saturated rings. The molecule has 4 nitrogen and oxygen atoms in total. The molecule has 5 heteroatoms. The van der Waals surface area contributed by atoms with E-state index in [0.29, 0.717) is 11.3 Å². The fourth-order valence-electron chi connectivity index (χ4n) is 1.73. The van der Waals surface area contributed by atoms with Crippen molar-refractivity contribution in [1.29, 1.82) is 0 Å². The highest BCUT2D eigenvalue weighted by Gasteiger charge is 2.15. The molecule has 0 radical (unpaired) electrons. The maximum Gasteiger partial charge on any atom is 0.185 e. The predicted molar refractivity (Wildman–Crippen MR) is 68.3 cm³/mol. The first-order chi connectivity index (χ1) is 8.38. The highest BCUT2D eigenvalue weighted by atomic mass is 32.2. The van der Waals surface area contributed by atoms with Crippen LogP contribution in [0.4, 0.5) is 0 Å². The highest BCUT2D eigenvalue weighted by molar-refractivity contribution is 7.90. The third kappa shape index (κ3) is 2.51. The fourth-order valence-corrected chi connectivity index (χ4v) is 2.62. The first-order valence-corrected chi connectivity index (χ1v) is 7.18. The van der Waals surface area contributed by atoms with Gasteiger partial charge in [0.1, 0.15) is 11.5 Å². The zero-order valence-corrected chi connectivity index (χ0v) is 10.8. The molecule has 0 saturated carbocycles. The molecule has 18 heavy (non-hydrogen) atoms. The summed E-state index contributed by atoms with van der Waals surface area (Å²) in [5.41, 5.74) is 0.192. The van der Waals surface area contributed by atoms with E-state index in [2.05, 4.69) is 0 Å². The standard InChI is InChI=1S/C13H12O4S/c1-9-7-10(14)8-12(17-9)11-5-3-4-6-13(11)18(2,15)16/h3-8H,1-2H3. The molecule has 0 N–H and O–H groups in total. The summed E-state index contributed by atoms with van der Waals surface area (Å²) in [6.45, 7) is 1.65. The quantitative estimate of drug-likeness (QED) is 0.832. The van der Waals surface area contributed by atoms with E-state index in [0.717, 1.165) is 6.26 Å². The van der Waals surface area contributed by atoms with Crippen LogP contribution in [-0.2, 0) is 9.84 Å². The second-order valence-corrected chi connectivity index (χ2v) is 6.02. The molecule has 0 amide bonds. The van der Waals surface area contributed by atoms with Crippen molar-refractivity contribution in [2.24, 2.45) is 0 Å². The lowest BCUT2D eigenvalue weighted by molar-refractivity contribution is 0.528. The van der Waals surface area contributed by atoms with Gasteiger partial charge in [0.2, 0.25) is 0 Å². The number of hydrogen-bond donors (Lipinski definition) is 0. The van der Waals surface area contributed by atoms with Crippen LogP contribution in [0.25, 0.3) is 11.3 Å². The second-order valence-electron chi connectivity index (χ2n) is 4.04. The average Bonchev–Trinajstić information content (AvgIpc) is 2.26. The van der Waals surface area contributed by atoms with E-state index < -0.39 is 9.84 Å². The zero-order valence-electron chi connectivity index (χ0n) is 10.0. The van der Waals surface area contributed by atoms with Gasteiger partial charge in [-0.2, -0.15) is 0 Å². The third-order valence-electron chi connectivity index (χ3n) is 2.44. The fraction of sp³-hybridized carbons (Fsp3) is 0.154. The van der Waals surface area contributed by atoms with Gasteiger partial charge in [0.05, 0.1) is 4.90 Å². The molecule has 0 aliphatic rings. The van der Waals surface area contributed by atoms with Crippen LogP contribution >= 0.6 is 0 Å². The van der Waals surface area contributed by atoms with Crippen LogP contribution in [0.3, 0.4) is 0 Å². The van der Waals surface area contributed by atoms with Crippen LogP contribution in [0.5, 0.6) is 0 Å². The Morgan fingerprint density at radius 2 is 1.78 bits per heavy atom. The van der Waals surface area contributed by atoms with E-state index >= 15 is 0 Å². The van der Waals surface area contributed by atoms with Crippen molar-refractivity contribution in [3.63, 3.8) is 0 Å². The molecule has 0 bridgehead atoms. The molecule has 2 aromatic rings. The number of benzene rings is 1. The number of aryl methyl sites for hydroxylation is 1. The van der Waals surface area contributed by atoms with Crippen molar-refractivity contribution in [1.82, 2.24) is 0 Å². The second kappa shape index (κ2) is 4.42. The molecule has 0 aliphatic heterocycles. The Balaban J connectivity index is 2.76. The van der Waals surface area contributed by atoms with Gasteiger partial charge in [0.15, 0.2) is 15.3 Å². The van der Waals surface area contributed by atoms with E-state index in [9.17, 15) is 13.2 Å². The van der Waals surface area contributed by atoms with Crippen molar-refractivity contribution in [2.45, 2.75) is 11.8 Å². The summed E-state index contributed by atoms with van der Waals surface area (Å²) in [6.07, 6.45) is 1.12. The van der Waals surface area contributed by atoms with Gasteiger partial charge in [-0.3, -0.25) is 4.79 Å². The van der Waals surface area contributed by atoms with Crippen molar-refractivity contribution in [3.8, 4) is 11.3 Å². The van der Waals surface area contributed by atoms with E-state index in [1.165, 1.54) is 18.2 Å². The lowest BCUT2D eigenvalue weighted by Gasteiger charge is -2.07. The lowest BCUT2D eigenvalue weighted by atomic mass is 10.1. The van der Waals surface area contributed by atoms with Gasteiger partial charge < -0.3 is 4.42 Å². The minimum atomic E-state index is -3.37. The Hall–Kier alpha value is -1.88. The molecule has 1 aromatic carbocycles. The number of sulfone groups is 1. The highest BCUT2D eigenvalue weighted by Crippen LogP contribution is 2.26. The van der Waals surface area contributed by atoms with Crippen LogP contribution in [0, 0.1) is 6.92 Å². The average molecular weight is 264 g/mol. The van der Waals surface area contributed by atoms with Crippen molar-refractivity contribution < 1.29 is 12.8 Å². The molecule has 0 unspecified atom stereocenters. The SMILES string of the molecule is Cc1cc(=O)cc(-c2ccccc2S(C)(=O)=O)o1. The first kappa shape index (κ1) is 12.6. The van der Waals surface area contributed by atoms with Gasteiger partial charge in [-0.1, -0.05) is 12.1 Å². The molecule has 94 valence electrons. The summed E-state index contributed by atoms with van der Waals surface area (Å²) >= 11 is 0. The van der Waals surface area contributed by atoms with Crippen LogP contribution in [0.1, 0.15) is 5.76 Å². The van der Waals surface area contributed by atoms with Gasteiger partial charge in [-0.15, -0.1) is 0 Å². The monoisotopic (exact) mass is 264 g/mol. The maximum atomic E-state index is 11.7. The van der Waals surface area contributed by atoms with Crippen LogP contribution < -0.4 is 5.43 Å². The van der Waals surface area contributed by atoms with Gasteiger partial charge in [0, 0.05) is 24.0 Å². The molecule has 0 saturated heterocycles. The predicted octanol–water partition coefficient (Wildman–Crippen LogP) is 2.02. The first-order valence-electron chi connectivity index (χ1n) is 5.29. The minimum Gasteiger partial charge on any atom is -0.461 e. The van der Waals surface area contributed by atoms with E-state index in [-0.39, 0.29) is 16.1 Å². The van der Waals surface area contributed by atoms with E-state index in [4.69, 9.17) is 4.42 Å². The van der Waals surface area contributed by atoms with Crippen LogP contribution in [0.2, 0.25) is 0 Å². The summed E-state index contributed by atoms with van der Waals surface area (Å²) in [6, 6.07) is 9.09. The number of rotatable bonds is 2. The van der Waals surface area contributed by atoms with E-state index in [1.807, 2.05) is 0 Å². The smallest absolute Gasteiger partial charge is 0.185 e. The van der Waals surface area contributed by atoms with E-state index in [1.54, 1.807) is 25.1 Å². The molecule has 0 atom stereocenters. The Kier molecular flexibility index (Phi) is 3.09. The topological polar surface area (TPSA) is 64.3 Å². The van der Waals surface area contributed by atoms with Gasteiger partial charge >= 0.3 is 0 Å². The van der Waals surface area contributed by atoms with Crippen LogP contribution in [-0.4, -0.2) is 14.7 Å². The van der Waals surface area contributed by atoms with Crippen molar-refractivity contribution in [3.05, 3.63) is 52.4 Å². The Labute approximate surface area is 105 Å². The van der Waals surface area contributed by atoms with Gasteiger partial charge in [-0.05, 0) is 19.1 Å².